The number of aromatic nitrogens is 1. The summed E-state index contributed by atoms with van der Waals surface area (Å²) in [7, 11) is 0. The van der Waals surface area contributed by atoms with E-state index in [2.05, 4.69) is 18.8 Å². The monoisotopic (exact) mass is 196 g/mol. The van der Waals surface area contributed by atoms with Crippen molar-refractivity contribution in [2.45, 2.75) is 45.1 Å². The maximum absolute atomic E-state index is 5.84. The van der Waals surface area contributed by atoms with E-state index in [0.29, 0.717) is 5.41 Å². The lowest BCUT2D eigenvalue weighted by molar-refractivity contribution is 0.734. The van der Waals surface area contributed by atoms with Crippen LogP contribution < -0.4 is 5.73 Å². The zero-order valence-corrected chi connectivity index (χ0v) is 9.24. The van der Waals surface area contributed by atoms with Crippen LogP contribution in [-0.2, 0) is 5.41 Å². The van der Waals surface area contributed by atoms with Crippen LogP contribution in [0.2, 0.25) is 0 Å². The smallest absolute Gasteiger partial charge is 0.0990 e. The van der Waals surface area contributed by atoms with Gasteiger partial charge in [-0.15, -0.1) is 11.3 Å². The Morgan fingerprint density at radius 3 is 2.54 bits per heavy atom. The van der Waals surface area contributed by atoms with E-state index in [1.165, 1.54) is 22.7 Å². The number of thiazole rings is 1. The van der Waals surface area contributed by atoms with Crippen molar-refractivity contribution in [3.05, 3.63) is 15.6 Å². The van der Waals surface area contributed by atoms with Crippen molar-refractivity contribution in [1.29, 1.82) is 0 Å². The molecule has 0 saturated heterocycles. The maximum atomic E-state index is 5.84. The van der Waals surface area contributed by atoms with Gasteiger partial charge in [0, 0.05) is 16.3 Å². The van der Waals surface area contributed by atoms with Crippen molar-refractivity contribution in [2.24, 2.45) is 5.73 Å². The third-order valence-corrected chi connectivity index (χ3v) is 4.07. The minimum Gasteiger partial charge on any atom is -0.323 e. The molecule has 1 aliphatic rings. The summed E-state index contributed by atoms with van der Waals surface area (Å²) in [5, 5.41) is 1.29. The molecule has 0 radical (unpaired) electrons. The third kappa shape index (κ3) is 1.51. The van der Waals surface area contributed by atoms with Crippen molar-refractivity contribution in [3.63, 3.8) is 0 Å². The molecule has 3 heteroatoms. The van der Waals surface area contributed by atoms with Gasteiger partial charge in [-0.25, -0.2) is 4.98 Å². The van der Waals surface area contributed by atoms with Gasteiger partial charge in [-0.3, -0.25) is 0 Å². The average molecular weight is 196 g/mol. The fourth-order valence-corrected chi connectivity index (χ4v) is 2.71. The fraction of sp³-hybridized carbons (Fsp3) is 0.700. The summed E-state index contributed by atoms with van der Waals surface area (Å²) in [6.45, 7) is 6.41. The fourth-order valence-electron chi connectivity index (χ4n) is 1.49. The van der Waals surface area contributed by atoms with Crippen LogP contribution in [0.25, 0.3) is 0 Å². The molecule has 0 spiro atoms. The molecule has 0 bridgehead atoms. The molecule has 0 aliphatic heterocycles. The molecule has 1 aromatic rings. The largest absolute Gasteiger partial charge is 0.323 e. The summed E-state index contributed by atoms with van der Waals surface area (Å²) in [5.74, 6) is 0. The number of aryl methyl sites for hydroxylation is 1. The topological polar surface area (TPSA) is 38.9 Å². The molecule has 1 atom stereocenters. The number of hydrogen-bond donors (Lipinski definition) is 1. The standard InChI is InChI=1S/C10H16N2S/c1-6(11)8-7(2)13-9(12-8)10(3)4-5-10/h6H,4-5,11H2,1-3H3. The Hall–Kier alpha value is -0.410. The molecule has 1 fully saturated rings. The molecule has 72 valence electrons. The minimum absolute atomic E-state index is 0.0762. The van der Waals surface area contributed by atoms with Crippen LogP contribution >= 0.6 is 11.3 Å². The van der Waals surface area contributed by atoms with Crippen molar-refractivity contribution < 1.29 is 0 Å². The number of nitrogens with two attached hydrogens (primary N) is 1. The van der Waals surface area contributed by atoms with E-state index in [1.54, 1.807) is 0 Å². The van der Waals surface area contributed by atoms with Gasteiger partial charge in [0.25, 0.3) is 0 Å². The van der Waals surface area contributed by atoms with Gasteiger partial charge in [0.15, 0.2) is 0 Å². The Morgan fingerprint density at radius 2 is 2.15 bits per heavy atom. The van der Waals surface area contributed by atoms with E-state index >= 15 is 0 Å². The molecule has 2 nitrogen and oxygen atoms in total. The summed E-state index contributed by atoms with van der Waals surface area (Å²) < 4.78 is 0. The van der Waals surface area contributed by atoms with Gasteiger partial charge >= 0.3 is 0 Å². The van der Waals surface area contributed by atoms with Crippen molar-refractivity contribution >= 4 is 11.3 Å². The van der Waals surface area contributed by atoms with Crippen LogP contribution in [0.1, 0.15) is 48.3 Å². The highest BCUT2D eigenvalue weighted by atomic mass is 32.1. The maximum Gasteiger partial charge on any atom is 0.0990 e. The first-order valence-corrected chi connectivity index (χ1v) is 5.58. The molecule has 13 heavy (non-hydrogen) atoms. The predicted molar refractivity (Wildman–Crippen MR) is 56.0 cm³/mol. The van der Waals surface area contributed by atoms with Gasteiger partial charge in [0.05, 0.1) is 10.7 Å². The van der Waals surface area contributed by atoms with Crippen molar-refractivity contribution in [3.8, 4) is 0 Å². The van der Waals surface area contributed by atoms with Crippen LogP contribution in [-0.4, -0.2) is 4.98 Å². The van der Waals surface area contributed by atoms with E-state index in [4.69, 9.17) is 5.73 Å². The Bertz CT molecular complexity index is 324. The molecule has 1 saturated carbocycles. The lowest BCUT2D eigenvalue weighted by Gasteiger charge is -2.02. The number of hydrogen-bond acceptors (Lipinski definition) is 3. The molecule has 2 rings (SSSR count). The highest BCUT2D eigenvalue weighted by molar-refractivity contribution is 7.11. The highest BCUT2D eigenvalue weighted by Gasteiger charge is 2.42. The van der Waals surface area contributed by atoms with E-state index < -0.39 is 0 Å². The van der Waals surface area contributed by atoms with Gasteiger partial charge in [-0.2, -0.15) is 0 Å². The lowest BCUT2D eigenvalue weighted by Crippen LogP contribution is -2.08. The summed E-state index contributed by atoms with van der Waals surface area (Å²) in [5.41, 5.74) is 7.32. The van der Waals surface area contributed by atoms with E-state index in [9.17, 15) is 0 Å². The van der Waals surface area contributed by atoms with Crippen LogP contribution in [0.5, 0.6) is 0 Å². The molecular formula is C10H16N2S. The van der Waals surface area contributed by atoms with Crippen molar-refractivity contribution in [1.82, 2.24) is 4.98 Å². The molecule has 2 N–H and O–H groups in total. The summed E-state index contributed by atoms with van der Waals surface area (Å²) in [4.78, 5) is 5.93. The van der Waals surface area contributed by atoms with Crippen molar-refractivity contribution in [2.75, 3.05) is 0 Å². The van der Waals surface area contributed by atoms with Crippen LogP contribution in [0, 0.1) is 6.92 Å². The zero-order chi connectivity index (χ0) is 9.64. The van der Waals surface area contributed by atoms with E-state index in [0.717, 1.165) is 5.69 Å². The first-order valence-electron chi connectivity index (χ1n) is 4.76. The summed E-state index contributed by atoms with van der Waals surface area (Å²) >= 11 is 1.82. The van der Waals surface area contributed by atoms with Crippen LogP contribution in [0.15, 0.2) is 0 Å². The minimum atomic E-state index is 0.0762. The zero-order valence-electron chi connectivity index (χ0n) is 8.42. The molecular weight excluding hydrogens is 180 g/mol. The quantitative estimate of drug-likeness (QED) is 0.789. The normalized spacial score (nSPS) is 21.5. The van der Waals surface area contributed by atoms with Gasteiger partial charge in [-0.05, 0) is 26.7 Å². The second-order valence-electron chi connectivity index (χ2n) is 4.31. The number of rotatable bonds is 2. The molecule has 0 aromatic carbocycles. The molecule has 0 amide bonds. The number of nitrogens with zero attached hydrogens (tertiary/aromatic N) is 1. The first kappa shape index (κ1) is 9.16. The summed E-state index contributed by atoms with van der Waals surface area (Å²) in [6, 6.07) is 0.0762. The summed E-state index contributed by atoms with van der Waals surface area (Å²) in [6.07, 6.45) is 2.58. The highest BCUT2D eigenvalue weighted by Crippen LogP contribution is 2.49. The molecule has 1 aromatic heterocycles. The molecule has 1 heterocycles. The first-order chi connectivity index (χ1) is 6.03. The van der Waals surface area contributed by atoms with Gasteiger partial charge in [0.2, 0.25) is 0 Å². The molecule has 1 aliphatic carbocycles. The predicted octanol–water partition coefficient (Wildman–Crippen LogP) is 2.52. The SMILES string of the molecule is Cc1sc(C2(C)CC2)nc1C(C)N. The second kappa shape index (κ2) is 2.79. The van der Waals surface area contributed by atoms with E-state index in [-0.39, 0.29) is 6.04 Å². The van der Waals surface area contributed by atoms with Gasteiger partial charge < -0.3 is 5.73 Å². The third-order valence-electron chi connectivity index (χ3n) is 2.78. The van der Waals surface area contributed by atoms with Crippen LogP contribution in [0.3, 0.4) is 0 Å². The Kier molecular flexibility index (Phi) is 1.96. The van der Waals surface area contributed by atoms with Crippen LogP contribution in [0.4, 0.5) is 0 Å². The van der Waals surface area contributed by atoms with Gasteiger partial charge in [-0.1, -0.05) is 6.92 Å². The Morgan fingerprint density at radius 1 is 1.54 bits per heavy atom. The van der Waals surface area contributed by atoms with E-state index in [1.807, 2.05) is 18.3 Å². The van der Waals surface area contributed by atoms with Gasteiger partial charge in [0.1, 0.15) is 0 Å². The average Bonchev–Trinajstić information content (AvgIpc) is 2.63. The Balaban J connectivity index is 2.35. The Labute approximate surface area is 83.2 Å². The molecule has 1 unspecified atom stereocenters. The second-order valence-corrected chi connectivity index (χ2v) is 5.51. The lowest BCUT2D eigenvalue weighted by atomic mass is 10.1.